The first-order valence-corrected chi connectivity index (χ1v) is 9.56. The molecule has 2 N–H and O–H groups in total. The van der Waals surface area contributed by atoms with Crippen LogP contribution < -0.4 is 10.0 Å². The molecular weight excluding hydrogens is 396 g/mol. The van der Waals surface area contributed by atoms with Crippen LogP contribution in [0.4, 0.5) is 0 Å². The quantitative estimate of drug-likeness (QED) is 0.769. The molecule has 0 spiro atoms. The minimum atomic E-state index is -3.58. The van der Waals surface area contributed by atoms with E-state index in [2.05, 4.69) is 26.0 Å². The third kappa shape index (κ3) is 4.51. The van der Waals surface area contributed by atoms with Crippen molar-refractivity contribution in [3.05, 3.63) is 49.6 Å². The van der Waals surface area contributed by atoms with Crippen LogP contribution in [0.2, 0.25) is 4.34 Å². The first kappa shape index (κ1) is 16.9. The first-order valence-electron chi connectivity index (χ1n) is 6.09. The number of hydrogen-bond acceptors (Lipinski definition) is 4. The van der Waals surface area contributed by atoms with Gasteiger partial charge in [-0.2, -0.15) is 0 Å². The van der Waals surface area contributed by atoms with Crippen LogP contribution in [-0.4, -0.2) is 15.5 Å². The number of nitrogens with one attached hydrogen (secondary N) is 2. The molecule has 0 unspecified atom stereocenters. The molecule has 2 aromatic rings. The first-order chi connectivity index (χ1) is 9.92. The maximum atomic E-state index is 12.4. The van der Waals surface area contributed by atoms with Gasteiger partial charge in [0.05, 0.1) is 9.23 Å². The van der Waals surface area contributed by atoms with E-state index in [1.807, 2.05) is 19.2 Å². The van der Waals surface area contributed by atoms with Crippen LogP contribution in [0.15, 0.2) is 39.7 Å². The molecule has 0 aliphatic rings. The van der Waals surface area contributed by atoms with Crippen molar-refractivity contribution in [2.75, 3.05) is 7.05 Å². The number of rotatable bonds is 6. The van der Waals surface area contributed by atoms with E-state index in [9.17, 15) is 8.42 Å². The highest BCUT2D eigenvalue weighted by Gasteiger charge is 2.18. The van der Waals surface area contributed by atoms with E-state index in [0.29, 0.717) is 15.4 Å². The highest BCUT2D eigenvalue weighted by molar-refractivity contribution is 9.10. The molecule has 0 fully saturated rings. The second kappa shape index (κ2) is 7.21. The third-order valence-corrected chi connectivity index (χ3v) is 6.36. The summed E-state index contributed by atoms with van der Waals surface area (Å²) in [4.78, 5) is 1.10. The van der Waals surface area contributed by atoms with Crippen molar-refractivity contribution in [3.8, 4) is 0 Å². The van der Waals surface area contributed by atoms with Crippen LogP contribution in [-0.2, 0) is 23.1 Å². The van der Waals surface area contributed by atoms with Gasteiger partial charge >= 0.3 is 0 Å². The summed E-state index contributed by atoms with van der Waals surface area (Å²) in [6.45, 7) is 0.832. The van der Waals surface area contributed by atoms with E-state index in [-0.39, 0.29) is 11.4 Å². The van der Waals surface area contributed by atoms with Crippen molar-refractivity contribution >= 4 is 48.9 Å². The van der Waals surface area contributed by atoms with Gasteiger partial charge in [0.25, 0.3) is 0 Å². The Morgan fingerprint density at radius 2 is 2.00 bits per heavy atom. The lowest BCUT2D eigenvalue weighted by molar-refractivity contribution is 0.581. The Hall–Kier alpha value is -0.440. The molecule has 0 saturated carbocycles. The number of sulfonamides is 1. The largest absolute Gasteiger partial charge is 0.316 e. The Morgan fingerprint density at radius 1 is 1.24 bits per heavy atom. The second-order valence-corrected chi connectivity index (χ2v) is 8.71. The van der Waals surface area contributed by atoms with Crippen LogP contribution in [0.1, 0.15) is 10.4 Å². The third-order valence-electron chi connectivity index (χ3n) is 2.73. The summed E-state index contributed by atoms with van der Waals surface area (Å²) in [6.07, 6.45) is 0. The van der Waals surface area contributed by atoms with Gasteiger partial charge in [0.1, 0.15) is 0 Å². The highest BCUT2D eigenvalue weighted by Crippen LogP contribution is 2.25. The van der Waals surface area contributed by atoms with Gasteiger partial charge in [-0.3, -0.25) is 0 Å². The van der Waals surface area contributed by atoms with Crippen molar-refractivity contribution in [1.82, 2.24) is 10.0 Å². The minimum Gasteiger partial charge on any atom is -0.316 e. The standard InChI is InChI=1S/C13H14BrClN2O2S2/c1-16-7-9-2-4-11(14)12(6-9)21(18,19)17-8-10-3-5-13(15)20-10/h2-6,16-17H,7-8H2,1H3. The summed E-state index contributed by atoms with van der Waals surface area (Å²) in [6, 6.07) is 8.83. The smallest absolute Gasteiger partial charge is 0.242 e. The number of thiophene rings is 1. The van der Waals surface area contributed by atoms with Gasteiger partial charge in [-0.15, -0.1) is 11.3 Å². The SMILES string of the molecule is CNCc1ccc(Br)c(S(=O)(=O)NCc2ccc(Cl)s2)c1. The molecule has 0 saturated heterocycles. The summed E-state index contributed by atoms with van der Waals surface area (Å²) < 4.78 is 28.6. The van der Waals surface area contributed by atoms with Crippen molar-refractivity contribution < 1.29 is 8.42 Å². The van der Waals surface area contributed by atoms with E-state index < -0.39 is 10.0 Å². The number of benzene rings is 1. The lowest BCUT2D eigenvalue weighted by Crippen LogP contribution is -2.23. The molecule has 0 aliphatic carbocycles. The van der Waals surface area contributed by atoms with Gasteiger partial charge < -0.3 is 5.32 Å². The molecule has 0 radical (unpaired) electrons. The number of hydrogen-bond donors (Lipinski definition) is 2. The van der Waals surface area contributed by atoms with Gasteiger partial charge in [0.15, 0.2) is 0 Å². The fourth-order valence-corrected chi connectivity index (χ4v) is 4.90. The Morgan fingerprint density at radius 3 is 2.62 bits per heavy atom. The number of halogens is 2. The fourth-order valence-electron chi connectivity index (χ4n) is 1.76. The normalized spacial score (nSPS) is 11.8. The summed E-state index contributed by atoms with van der Waals surface area (Å²) in [5.41, 5.74) is 0.903. The lowest BCUT2D eigenvalue weighted by atomic mass is 10.2. The molecule has 21 heavy (non-hydrogen) atoms. The van der Waals surface area contributed by atoms with E-state index in [1.54, 1.807) is 18.2 Å². The summed E-state index contributed by atoms with van der Waals surface area (Å²) in [5.74, 6) is 0. The predicted octanol–water partition coefficient (Wildman–Crippen LogP) is 3.36. The summed E-state index contributed by atoms with van der Waals surface area (Å²) >= 11 is 10.5. The Balaban J connectivity index is 2.20. The van der Waals surface area contributed by atoms with E-state index in [4.69, 9.17) is 11.6 Å². The topological polar surface area (TPSA) is 58.2 Å². The second-order valence-electron chi connectivity index (χ2n) is 4.33. The molecular formula is C13H14BrClN2O2S2. The van der Waals surface area contributed by atoms with Crippen LogP contribution in [0.5, 0.6) is 0 Å². The van der Waals surface area contributed by atoms with Crippen molar-refractivity contribution in [2.45, 2.75) is 18.0 Å². The van der Waals surface area contributed by atoms with E-state index in [0.717, 1.165) is 10.4 Å². The monoisotopic (exact) mass is 408 g/mol. The zero-order valence-corrected chi connectivity index (χ0v) is 15.2. The van der Waals surface area contributed by atoms with E-state index >= 15 is 0 Å². The Bertz CT molecular complexity index is 732. The van der Waals surface area contributed by atoms with E-state index in [1.165, 1.54) is 11.3 Å². The van der Waals surface area contributed by atoms with Gasteiger partial charge in [0, 0.05) is 22.4 Å². The molecule has 0 aliphatic heterocycles. The average Bonchev–Trinajstić information content (AvgIpc) is 2.85. The van der Waals surface area contributed by atoms with Crippen LogP contribution in [0.25, 0.3) is 0 Å². The zero-order valence-electron chi connectivity index (χ0n) is 11.2. The Kier molecular flexibility index (Phi) is 5.81. The minimum absolute atomic E-state index is 0.225. The molecule has 1 aromatic carbocycles. The molecule has 0 bridgehead atoms. The Labute approximate surface area is 141 Å². The van der Waals surface area contributed by atoms with Crippen LogP contribution >= 0.6 is 38.9 Å². The van der Waals surface area contributed by atoms with Crippen molar-refractivity contribution in [1.29, 1.82) is 0 Å². The molecule has 1 heterocycles. The van der Waals surface area contributed by atoms with Gasteiger partial charge in [-0.25, -0.2) is 13.1 Å². The molecule has 4 nitrogen and oxygen atoms in total. The summed E-state index contributed by atoms with van der Waals surface area (Å²) in [5, 5.41) is 3.00. The molecule has 114 valence electrons. The molecule has 0 amide bonds. The van der Waals surface area contributed by atoms with Crippen molar-refractivity contribution in [3.63, 3.8) is 0 Å². The van der Waals surface area contributed by atoms with Crippen LogP contribution in [0, 0.1) is 0 Å². The molecule has 1 aromatic heterocycles. The molecule has 2 rings (SSSR count). The highest BCUT2D eigenvalue weighted by atomic mass is 79.9. The zero-order chi connectivity index (χ0) is 15.5. The molecule has 0 atom stereocenters. The van der Waals surface area contributed by atoms with Gasteiger partial charge in [-0.05, 0) is 52.8 Å². The maximum absolute atomic E-state index is 12.4. The predicted molar refractivity (Wildman–Crippen MR) is 90.3 cm³/mol. The van der Waals surface area contributed by atoms with Gasteiger partial charge in [-0.1, -0.05) is 17.7 Å². The average molecular weight is 410 g/mol. The summed E-state index contributed by atoms with van der Waals surface area (Å²) in [7, 11) is -1.77. The van der Waals surface area contributed by atoms with Crippen molar-refractivity contribution in [2.24, 2.45) is 0 Å². The maximum Gasteiger partial charge on any atom is 0.242 e. The molecule has 8 heteroatoms. The van der Waals surface area contributed by atoms with Crippen LogP contribution in [0.3, 0.4) is 0 Å². The van der Waals surface area contributed by atoms with Gasteiger partial charge in [0.2, 0.25) is 10.0 Å². The lowest BCUT2D eigenvalue weighted by Gasteiger charge is -2.10. The fraction of sp³-hybridized carbons (Fsp3) is 0.231.